The molecule has 1 atom stereocenters. The molecule has 1 saturated heterocycles. The zero-order valence-electron chi connectivity index (χ0n) is 9.92. The van der Waals surface area contributed by atoms with Crippen LogP contribution >= 0.6 is 11.6 Å². The molecule has 1 N–H and O–H groups in total. The van der Waals surface area contributed by atoms with Crippen LogP contribution in [0.3, 0.4) is 0 Å². The van der Waals surface area contributed by atoms with E-state index in [9.17, 15) is 13.5 Å². The molecule has 0 bridgehead atoms. The van der Waals surface area contributed by atoms with Crippen molar-refractivity contribution < 1.29 is 13.5 Å². The predicted octanol–water partition coefficient (Wildman–Crippen LogP) is 1.10. The molecule has 1 aromatic rings. The molecule has 0 saturated carbocycles. The zero-order chi connectivity index (χ0) is 13.2. The van der Waals surface area contributed by atoms with E-state index in [1.54, 1.807) is 24.3 Å². The molecule has 0 aromatic heterocycles. The number of hydrogen-bond acceptors (Lipinski definition) is 4. The van der Waals surface area contributed by atoms with Gasteiger partial charge in [-0.3, -0.25) is 4.90 Å². The van der Waals surface area contributed by atoms with Gasteiger partial charge in [-0.15, -0.1) is 0 Å². The van der Waals surface area contributed by atoms with Crippen LogP contribution in [-0.2, 0) is 9.84 Å². The van der Waals surface area contributed by atoms with Crippen LogP contribution in [0.25, 0.3) is 0 Å². The Labute approximate surface area is 112 Å². The Morgan fingerprint density at radius 3 is 2.33 bits per heavy atom. The molecule has 0 aliphatic carbocycles. The Kier molecular flexibility index (Phi) is 4.27. The van der Waals surface area contributed by atoms with Crippen LogP contribution in [-0.4, -0.2) is 49.6 Å². The van der Waals surface area contributed by atoms with Crippen molar-refractivity contribution in [3.8, 4) is 0 Å². The molecule has 6 heteroatoms. The van der Waals surface area contributed by atoms with Crippen molar-refractivity contribution in [1.29, 1.82) is 0 Å². The van der Waals surface area contributed by atoms with E-state index in [1.165, 1.54) is 0 Å². The monoisotopic (exact) mass is 289 g/mol. The van der Waals surface area contributed by atoms with Gasteiger partial charge in [0.25, 0.3) is 0 Å². The Morgan fingerprint density at radius 2 is 1.78 bits per heavy atom. The minimum absolute atomic E-state index is 0.181. The number of hydrogen-bond donors (Lipinski definition) is 1. The minimum atomic E-state index is -2.86. The summed E-state index contributed by atoms with van der Waals surface area (Å²) in [6.07, 6.45) is -0.608. The smallest absolute Gasteiger partial charge is 0.152 e. The van der Waals surface area contributed by atoms with Gasteiger partial charge in [0.15, 0.2) is 9.84 Å². The number of sulfone groups is 1. The van der Waals surface area contributed by atoms with Crippen molar-refractivity contribution in [2.45, 2.75) is 6.10 Å². The number of benzene rings is 1. The highest BCUT2D eigenvalue weighted by atomic mass is 35.5. The third kappa shape index (κ3) is 3.68. The average molecular weight is 290 g/mol. The van der Waals surface area contributed by atoms with Crippen molar-refractivity contribution in [2.24, 2.45) is 0 Å². The first kappa shape index (κ1) is 13.8. The van der Waals surface area contributed by atoms with Crippen molar-refractivity contribution in [3.05, 3.63) is 34.9 Å². The summed E-state index contributed by atoms with van der Waals surface area (Å²) >= 11 is 5.78. The molecule has 1 unspecified atom stereocenters. The van der Waals surface area contributed by atoms with E-state index >= 15 is 0 Å². The zero-order valence-corrected chi connectivity index (χ0v) is 11.5. The second-order valence-corrected chi connectivity index (χ2v) is 7.26. The van der Waals surface area contributed by atoms with Crippen LogP contribution in [0.5, 0.6) is 0 Å². The van der Waals surface area contributed by atoms with Crippen molar-refractivity contribution in [1.82, 2.24) is 4.90 Å². The normalized spacial score (nSPS) is 21.7. The molecule has 4 nitrogen and oxygen atoms in total. The summed E-state index contributed by atoms with van der Waals surface area (Å²) in [6.45, 7) is 1.44. The van der Waals surface area contributed by atoms with E-state index in [0.29, 0.717) is 24.7 Å². The Morgan fingerprint density at radius 1 is 1.22 bits per heavy atom. The molecule has 1 aliphatic heterocycles. The number of β-amino-alcohol motifs (C(OH)–C–C–N with tert-alkyl or cyclic N) is 1. The summed E-state index contributed by atoms with van der Waals surface area (Å²) in [5, 5.41) is 10.7. The van der Waals surface area contributed by atoms with Crippen molar-refractivity contribution in [2.75, 3.05) is 31.1 Å². The minimum Gasteiger partial charge on any atom is -0.387 e. The predicted molar refractivity (Wildman–Crippen MR) is 71.5 cm³/mol. The van der Waals surface area contributed by atoms with Crippen LogP contribution in [0.15, 0.2) is 24.3 Å². The number of aliphatic hydroxyl groups excluding tert-OH is 1. The Bertz CT molecular complexity index is 487. The van der Waals surface area contributed by atoms with Crippen LogP contribution in [0.4, 0.5) is 0 Å². The molecule has 18 heavy (non-hydrogen) atoms. The maximum absolute atomic E-state index is 11.3. The van der Waals surface area contributed by atoms with Crippen LogP contribution in [0.1, 0.15) is 11.7 Å². The van der Waals surface area contributed by atoms with Gasteiger partial charge < -0.3 is 5.11 Å². The van der Waals surface area contributed by atoms with Crippen molar-refractivity contribution >= 4 is 21.4 Å². The highest BCUT2D eigenvalue weighted by molar-refractivity contribution is 7.91. The highest BCUT2D eigenvalue weighted by Crippen LogP contribution is 2.18. The standard InChI is InChI=1S/C12H16ClNO3S/c13-11-3-1-10(2-4-11)12(15)9-14-5-7-18(16,17)8-6-14/h1-4,12,15H,5-9H2. The van der Waals surface area contributed by atoms with Gasteiger partial charge in [0.2, 0.25) is 0 Å². The lowest BCUT2D eigenvalue weighted by Crippen LogP contribution is -2.42. The van der Waals surface area contributed by atoms with Gasteiger partial charge >= 0.3 is 0 Å². The summed E-state index contributed by atoms with van der Waals surface area (Å²) in [4.78, 5) is 1.97. The molecule has 1 aromatic carbocycles. The molecule has 1 heterocycles. The van der Waals surface area contributed by atoms with E-state index in [4.69, 9.17) is 11.6 Å². The second kappa shape index (κ2) is 5.57. The third-order valence-electron chi connectivity index (χ3n) is 3.12. The molecule has 1 fully saturated rings. The summed E-state index contributed by atoms with van der Waals surface area (Å²) in [5.74, 6) is 0.362. The molecule has 0 spiro atoms. The van der Waals surface area contributed by atoms with Gasteiger partial charge in [0.1, 0.15) is 0 Å². The Balaban J connectivity index is 1.92. The molecule has 1 aliphatic rings. The van der Waals surface area contributed by atoms with Gasteiger partial charge in [0, 0.05) is 24.7 Å². The van der Waals surface area contributed by atoms with E-state index < -0.39 is 15.9 Å². The summed E-state index contributed by atoms with van der Waals surface area (Å²) in [7, 11) is -2.86. The van der Waals surface area contributed by atoms with E-state index in [-0.39, 0.29) is 11.5 Å². The largest absolute Gasteiger partial charge is 0.387 e. The first-order chi connectivity index (χ1) is 8.46. The van der Waals surface area contributed by atoms with Crippen LogP contribution in [0.2, 0.25) is 5.02 Å². The number of nitrogens with zero attached hydrogens (tertiary/aromatic N) is 1. The van der Waals surface area contributed by atoms with E-state index in [0.717, 1.165) is 5.56 Å². The maximum Gasteiger partial charge on any atom is 0.152 e. The first-order valence-corrected chi connectivity index (χ1v) is 8.02. The average Bonchev–Trinajstić information content (AvgIpc) is 2.33. The fourth-order valence-corrected chi connectivity index (χ4v) is 3.37. The third-order valence-corrected chi connectivity index (χ3v) is 4.98. The lowest BCUT2D eigenvalue weighted by molar-refractivity contribution is 0.118. The fourth-order valence-electron chi connectivity index (χ4n) is 1.97. The molecular weight excluding hydrogens is 274 g/mol. The SMILES string of the molecule is O=S1(=O)CCN(CC(O)c2ccc(Cl)cc2)CC1. The van der Waals surface area contributed by atoms with Gasteiger partial charge in [0.05, 0.1) is 17.6 Å². The maximum atomic E-state index is 11.3. The lowest BCUT2D eigenvalue weighted by atomic mass is 10.1. The number of aliphatic hydroxyl groups is 1. The molecule has 100 valence electrons. The molecule has 0 amide bonds. The summed E-state index contributed by atoms with van der Waals surface area (Å²) in [5.41, 5.74) is 0.799. The summed E-state index contributed by atoms with van der Waals surface area (Å²) < 4.78 is 22.6. The second-order valence-electron chi connectivity index (χ2n) is 4.52. The topological polar surface area (TPSA) is 57.6 Å². The van der Waals surface area contributed by atoms with E-state index in [1.807, 2.05) is 4.90 Å². The van der Waals surface area contributed by atoms with Crippen LogP contribution < -0.4 is 0 Å². The van der Waals surface area contributed by atoms with E-state index in [2.05, 4.69) is 0 Å². The molecule has 2 rings (SSSR count). The highest BCUT2D eigenvalue weighted by Gasteiger charge is 2.23. The van der Waals surface area contributed by atoms with Gasteiger partial charge in [-0.05, 0) is 17.7 Å². The molecular formula is C12H16ClNO3S. The van der Waals surface area contributed by atoms with Crippen LogP contribution in [0, 0.1) is 0 Å². The van der Waals surface area contributed by atoms with Gasteiger partial charge in [-0.2, -0.15) is 0 Å². The summed E-state index contributed by atoms with van der Waals surface area (Å²) in [6, 6.07) is 7.04. The number of halogens is 1. The van der Waals surface area contributed by atoms with Crippen molar-refractivity contribution in [3.63, 3.8) is 0 Å². The van der Waals surface area contributed by atoms with Gasteiger partial charge in [-0.1, -0.05) is 23.7 Å². The fraction of sp³-hybridized carbons (Fsp3) is 0.500. The quantitative estimate of drug-likeness (QED) is 0.905. The Hall–Kier alpha value is -0.620. The lowest BCUT2D eigenvalue weighted by Gasteiger charge is -2.28. The number of rotatable bonds is 3. The molecule has 0 radical (unpaired) electrons. The first-order valence-electron chi connectivity index (χ1n) is 5.82. The van der Waals surface area contributed by atoms with Gasteiger partial charge in [-0.25, -0.2) is 8.42 Å².